The third-order valence-corrected chi connectivity index (χ3v) is 5.30. The number of anilines is 3. The van der Waals surface area contributed by atoms with Crippen LogP contribution in [0.4, 0.5) is 16.4 Å². The molecule has 0 spiro atoms. The number of amides is 1. The van der Waals surface area contributed by atoms with Gasteiger partial charge in [-0.3, -0.25) is 4.79 Å². The minimum absolute atomic E-state index is 0.265. The summed E-state index contributed by atoms with van der Waals surface area (Å²) in [7, 11) is 0. The zero-order chi connectivity index (χ0) is 16.9. The summed E-state index contributed by atoms with van der Waals surface area (Å²) in [6, 6.07) is 9.66. The smallest absolute Gasteiger partial charge is 0.240 e. The Morgan fingerprint density at radius 2 is 2.00 bits per heavy atom. The fourth-order valence-electron chi connectivity index (χ4n) is 3.32. The number of nitrogens with one attached hydrogen (secondary N) is 2. The highest BCUT2D eigenvalue weighted by atomic mass is 32.1. The number of carbonyl (C=O) groups excluding carboxylic acids is 1. The predicted molar refractivity (Wildman–Crippen MR) is 99.8 cm³/mol. The Hall–Kier alpha value is -2.08. The van der Waals surface area contributed by atoms with Crippen LogP contribution < -0.4 is 16.4 Å². The van der Waals surface area contributed by atoms with Crippen LogP contribution in [0.3, 0.4) is 0 Å². The van der Waals surface area contributed by atoms with Gasteiger partial charge in [-0.1, -0.05) is 25.3 Å². The first-order valence-electron chi connectivity index (χ1n) is 8.48. The lowest BCUT2D eigenvalue weighted by Crippen LogP contribution is -2.42. The van der Waals surface area contributed by atoms with Crippen molar-refractivity contribution in [1.29, 1.82) is 0 Å². The Bertz CT molecular complexity index is 694. The van der Waals surface area contributed by atoms with Gasteiger partial charge >= 0.3 is 0 Å². The molecule has 1 fully saturated rings. The first kappa shape index (κ1) is 16.8. The molecule has 3 rings (SSSR count). The van der Waals surface area contributed by atoms with Gasteiger partial charge < -0.3 is 16.4 Å². The average molecular weight is 344 g/mol. The molecule has 0 saturated heterocycles. The van der Waals surface area contributed by atoms with Crippen molar-refractivity contribution in [2.45, 2.75) is 45.1 Å². The second kappa shape index (κ2) is 7.66. The normalized spacial score (nSPS) is 16.5. The van der Waals surface area contributed by atoms with Crippen molar-refractivity contribution in [3.63, 3.8) is 0 Å². The quantitative estimate of drug-likeness (QED) is 0.739. The zero-order valence-electron chi connectivity index (χ0n) is 13.9. The lowest BCUT2D eigenvalue weighted by atomic mass is 9.83. The van der Waals surface area contributed by atoms with E-state index in [4.69, 9.17) is 5.73 Å². The van der Waals surface area contributed by atoms with Gasteiger partial charge in [0, 0.05) is 11.4 Å². The third kappa shape index (κ3) is 4.26. The second-order valence-electron chi connectivity index (χ2n) is 6.46. The highest BCUT2D eigenvalue weighted by Crippen LogP contribution is 2.29. The van der Waals surface area contributed by atoms with Gasteiger partial charge in [0.15, 0.2) is 0 Å². The molecule has 1 amide bonds. The van der Waals surface area contributed by atoms with Crippen LogP contribution in [0.25, 0.3) is 0 Å². The molecule has 0 aliphatic heterocycles. The van der Waals surface area contributed by atoms with Crippen LogP contribution in [-0.4, -0.2) is 16.3 Å². The number of benzene rings is 1. The molecule has 1 aliphatic rings. The molecule has 1 atom stereocenters. The molecule has 4 N–H and O–H groups in total. The summed E-state index contributed by atoms with van der Waals surface area (Å²) >= 11 is 1.44. The summed E-state index contributed by atoms with van der Waals surface area (Å²) < 4.78 is 4.27. The summed E-state index contributed by atoms with van der Waals surface area (Å²) in [6.45, 7) is 1.97. The molecule has 6 heteroatoms. The summed E-state index contributed by atoms with van der Waals surface area (Å²) in [5.74, 6) is 0.0651. The maximum atomic E-state index is 11.9. The van der Waals surface area contributed by atoms with Crippen molar-refractivity contribution >= 4 is 33.8 Å². The largest absolute Gasteiger partial charge is 0.373 e. The average Bonchev–Trinajstić information content (AvgIpc) is 2.98. The predicted octanol–water partition coefficient (Wildman–Crippen LogP) is 4.04. The standard InChI is InChI=1S/C18H24N4OS/c1-12-10-16(24-22-12)20-14-8-5-9-15(11-14)21-17(18(19)23)13-6-3-2-4-7-13/h5,8-11,13,17,20-21H,2-4,6-7H2,1H3,(H2,19,23)/t17-/m1/s1. The van der Waals surface area contributed by atoms with Crippen molar-refractivity contribution in [3.05, 3.63) is 36.0 Å². The maximum Gasteiger partial charge on any atom is 0.240 e. The van der Waals surface area contributed by atoms with Gasteiger partial charge in [0.05, 0.1) is 5.69 Å². The number of nitrogens with zero attached hydrogens (tertiary/aromatic N) is 1. The van der Waals surface area contributed by atoms with E-state index in [-0.39, 0.29) is 11.9 Å². The molecule has 1 saturated carbocycles. The van der Waals surface area contributed by atoms with Gasteiger partial charge in [0.25, 0.3) is 0 Å². The number of aromatic nitrogens is 1. The van der Waals surface area contributed by atoms with Crippen molar-refractivity contribution in [2.24, 2.45) is 11.7 Å². The van der Waals surface area contributed by atoms with Crippen molar-refractivity contribution in [1.82, 2.24) is 4.37 Å². The molecule has 0 unspecified atom stereocenters. The molecule has 1 aliphatic carbocycles. The van der Waals surface area contributed by atoms with E-state index in [1.807, 2.05) is 37.3 Å². The lowest BCUT2D eigenvalue weighted by Gasteiger charge is -2.29. The molecular formula is C18H24N4OS. The SMILES string of the molecule is Cc1cc(Nc2cccc(N[C@@H](C(N)=O)C3CCCCC3)c2)sn1. The van der Waals surface area contributed by atoms with Crippen LogP contribution in [0, 0.1) is 12.8 Å². The van der Waals surface area contributed by atoms with Crippen LogP contribution in [0.2, 0.25) is 0 Å². The molecule has 128 valence electrons. The minimum atomic E-state index is -0.300. The number of hydrogen-bond acceptors (Lipinski definition) is 5. The van der Waals surface area contributed by atoms with E-state index >= 15 is 0 Å². The first-order valence-corrected chi connectivity index (χ1v) is 9.25. The number of aryl methyl sites for hydroxylation is 1. The van der Waals surface area contributed by atoms with Crippen molar-refractivity contribution in [3.8, 4) is 0 Å². The van der Waals surface area contributed by atoms with Gasteiger partial charge in [0.2, 0.25) is 5.91 Å². The molecule has 2 aromatic rings. The monoisotopic (exact) mass is 344 g/mol. The molecule has 0 bridgehead atoms. The van der Waals surface area contributed by atoms with E-state index in [0.717, 1.165) is 34.9 Å². The number of rotatable bonds is 6. The Kier molecular flexibility index (Phi) is 5.35. The number of primary amides is 1. The van der Waals surface area contributed by atoms with Gasteiger partial charge in [-0.2, -0.15) is 4.37 Å². The molecule has 5 nitrogen and oxygen atoms in total. The number of nitrogens with two attached hydrogens (primary N) is 1. The van der Waals surface area contributed by atoms with Gasteiger partial charge in [0.1, 0.15) is 11.0 Å². The van der Waals surface area contributed by atoms with E-state index < -0.39 is 0 Å². The van der Waals surface area contributed by atoms with E-state index in [0.29, 0.717) is 5.92 Å². The topological polar surface area (TPSA) is 80.0 Å². The molecular weight excluding hydrogens is 320 g/mol. The molecule has 24 heavy (non-hydrogen) atoms. The van der Waals surface area contributed by atoms with E-state index in [1.165, 1.54) is 30.8 Å². The van der Waals surface area contributed by atoms with E-state index in [1.54, 1.807) is 0 Å². The van der Waals surface area contributed by atoms with Crippen LogP contribution in [-0.2, 0) is 4.79 Å². The Labute approximate surface area is 146 Å². The molecule has 1 heterocycles. The molecule has 0 radical (unpaired) electrons. The van der Waals surface area contributed by atoms with Gasteiger partial charge in [-0.15, -0.1) is 0 Å². The van der Waals surface area contributed by atoms with Crippen LogP contribution in [0.1, 0.15) is 37.8 Å². The van der Waals surface area contributed by atoms with Gasteiger partial charge in [-0.05, 0) is 61.5 Å². The summed E-state index contributed by atoms with van der Waals surface area (Å²) in [4.78, 5) is 11.9. The minimum Gasteiger partial charge on any atom is -0.373 e. The third-order valence-electron chi connectivity index (χ3n) is 4.51. The number of carbonyl (C=O) groups is 1. The number of hydrogen-bond donors (Lipinski definition) is 3. The fraction of sp³-hybridized carbons (Fsp3) is 0.444. The summed E-state index contributed by atoms with van der Waals surface area (Å²) in [5.41, 5.74) is 8.54. The van der Waals surface area contributed by atoms with Crippen LogP contribution >= 0.6 is 11.5 Å². The zero-order valence-corrected chi connectivity index (χ0v) is 14.7. The van der Waals surface area contributed by atoms with E-state index in [2.05, 4.69) is 15.0 Å². The molecule has 1 aromatic heterocycles. The van der Waals surface area contributed by atoms with Crippen LogP contribution in [0.15, 0.2) is 30.3 Å². The fourth-order valence-corrected chi connectivity index (χ4v) is 4.00. The Morgan fingerprint density at radius 1 is 1.25 bits per heavy atom. The summed E-state index contributed by atoms with van der Waals surface area (Å²) in [5, 5.41) is 7.70. The Balaban J connectivity index is 1.71. The highest BCUT2D eigenvalue weighted by molar-refractivity contribution is 7.10. The highest BCUT2D eigenvalue weighted by Gasteiger charge is 2.27. The van der Waals surface area contributed by atoms with E-state index in [9.17, 15) is 4.79 Å². The van der Waals surface area contributed by atoms with Gasteiger partial charge in [-0.25, -0.2) is 0 Å². The maximum absolute atomic E-state index is 11.9. The molecule has 1 aromatic carbocycles. The lowest BCUT2D eigenvalue weighted by molar-refractivity contribution is -0.120. The van der Waals surface area contributed by atoms with Crippen LogP contribution in [0.5, 0.6) is 0 Å². The second-order valence-corrected chi connectivity index (χ2v) is 7.27. The van der Waals surface area contributed by atoms with Crippen molar-refractivity contribution < 1.29 is 4.79 Å². The van der Waals surface area contributed by atoms with Crippen molar-refractivity contribution in [2.75, 3.05) is 10.6 Å². The summed E-state index contributed by atoms with van der Waals surface area (Å²) in [6.07, 6.45) is 5.76. The Morgan fingerprint density at radius 3 is 2.67 bits per heavy atom. The first-order chi connectivity index (χ1) is 11.6.